The minimum atomic E-state index is 0.0154. The van der Waals surface area contributed by atoms with Gasteiger partial charge in [0.2, 0.25) is 0 Å². The molecule has 0 aliphatic carbocycles. The molecule has 0 saturated carbocycles. The van der Waals surface area contributed by atoms with Gasteiger partial charge in [0.25, 0.3) is 0 Å². The van der Waals surface area contributed by atoms with Crippen molar-refractivity contribution in [2.45, 2.75) is 26.3 Å². The van der Waals surface area contributed by atoms with Crippen molar-refractivity contribution in [3.05, 3.63) is 29.6 Å². The molecular weight excluding hydrogens is 268 g/mol. The van der Waals surface area contributed by atoms with Gasteiger partial charge in [0.15, 0.2) is 11.0 Å². The average molecular weight is 286 g/mol. The van der Waals surface area contributed by atoms with Crippen molar-refractivity contribution >= 4 is 27.5 Å². The van der Waals surface area contributed by atoms with Crippen LogP contribution in [0.1, 0.15) is 20.8 Å². The fraction of sp³-hybridized carbons (Fsp3) is 0.333. The molecule has 0 bridgehead atoms. The van der Waals surface area contributed by atoms with Gasteiger partial charge in [-0.25, -0.2) is 9.97 Å². The second-order valence-corrected chi connectivity index (χ2v) is 6.75. The van der Waals surface area contributed by atoms with Crippen LogP contribution in [0.2, 0.25) is 0 Å². The summed E-state index contributed by atoms with van der Waals surface area (Å²) >= 11 is 1.61. The van der Waals surface area contributed by atoms with Crippen molar-refractivity contribution in [1.82, 2.24) is 14.5 Å². The van der Waals surface area contributed by atoms with Crippen LogP contribution < -0.4 is 5.32 Å². The van der Waals surface area contributed by atoms with E-state index >= 15 is 0 Å². The summed E-state index contributed by atoms with van der Waals surface area (Å²) in [7, 11) is 2.03. The zero-order chi connectivity index (χ0) is 14.3. The van der Waals surface area contributed by atoms with E-state index in [0.717, 1.165) is 27.7 Å². The van der Waals surface area contributed by atoms with Gasteiger partial charge in [-0.1, -0.05) is 12.1 Å². The number of hydrogen-bond acceptors (Lipinski definition) is 4. The first-order valence-electron chi connectivity index (χ1n) is 6.59. The van der Waals surface area contributed by atoms with Crippen LogP contribution in [0.4, 0.5) is 5.13 Å². The van der Waals surface area contributed by atoms with E-state index in [1.807, 2.05) is 25.2 Å². The number of benzene rings is 1. The molecule has 5 heteroatoms. The number of hydrogen-bond donors (Lipinski definition) is 1. The largest absolute Gasteiger partial charge is 0.357 e. The molecule has 0 fully saturated rings. The minimum Gasteiger partial charge on any atom is -0.357 e. The molecule has 0 atom stereocenters. The van der Waals surface area contributed by atoms with Crippen LogP contribution >= 0.6 is 11.3 Å². The quantitative estimate of drug-likeness (QED) is 0.776. The first-order chi connectivity index (χ1) is 9.44. The Morgan fingerprint density at radius 1 is 1.15 bits per heavy atom. The number of nitrogens with one attached hydrogen (secondary N) is 1. The zero-order valence-electron chi connectivity index (χ0n) is 12.1. The van der Waals surface area contributed by atoms with Gasteiger partial charge in [0, 0.05) is 18.0 Å². The number of thiazole rings is 1. The predicted molar refractivity (Wildman–Crippen MR) is 85.2 cm³/mol. The van der Waals surface area contributed by atoms with Crippen LogP contribution in [0.15, 0.2) is 29.6 Å². The zero-order valence-corrected chi connectivity index (χ0v) is 13.0. The molecule has 3 rings (SSSR count). The number of rotatable bonds is 2. The van der Waals surface area contributed by atoms with Crippen LogP contribution in [-0.4, -0.2) is 20.1 Å². The highest BCUT2D eigenvalue weighted by Crippen LogP contribution is 2.28. The summed E-state index contributed by atoms with van der Waals surface area (Å²) in [5, 5.41) is 6.38. The molecule has 0 unspecified atom stereocenters. The van der Waals surface area contributed by atoms with Crippen molar-refractivity contribution in [3.63, 3.8) is 0 Å². The fourth-order valence-electron chi connectivity index (χ4n) is 2.13. The summed E-state index contributed by atoms with van der Waals surface area (Å²) in [6.45, 7) is 6.38. The maximum absolute atomic E-state index is 4.67. The Balaban J connectivity index is 2.01. The molecule has 2 heterocycles. The highest BCUT2D eigenvalue weighted by Gasteiger charge is 2.15. The van der Waals surface area contributed by atoms with Gasteiger partial charge in [-0.15, -0.1) is 11.3 Å². The molecule has 0 saturated heterocycles. The normalized spacial score (nSPS) is 12.0. The van der Waals surface area contributed by atoms with Gasteiger partial charge >= 0.3 is 0 Å². The lowest BCUT2D eigenvalue weighted by Gasteiger charge is -2.19. The fourth-order valence-corrected chi connectivity index (χ4v) is 3.03. The number of anilines is 1. The summed E-state index contributed by atoms with van der Waals surface area (Å²) < 4.78 is 2.09. The lowest BCUT2D eigenvalue weighted by Crippen LogP contribution is -2.25. The standard InChI is InChI=1S/C15H18N4S/c1-15(2,3)18-14-17-11(9-20-14)13-16-10-7-5-6-8-12(10)19(13)4/h5-9H,1-4H3,(H,17,18). The second kappa shape index (κ2) is 4.59. The third-order valence-corrected chi connectivity index (χ3v) is 3.76. The Labute approximate surface area is 122 Å². The van der Waals surface area contributed by atoms with Crippen LogP contribution in [-0.2, 0) is 7.05 Å². The number of nitrogens with zero attached hydrogens (tertiary/aromatic N) is 3. The number of aromatic nitrogens is 3. The Bertz CT molecular complexity index is 749. The van der Waals surface area contributed by atoms with Gasteiger partial charge in [-0.2, -0.15) is 0 Å². The lowest BCUT2D eigenvalue weighted by molar-refractivity contribution is 0.633. The van der Waals surface area contributed by atoms with E-state index in [1.165, 1.54) is 0 Å². The molecular formula is C15H18N4S. The Morgan fingerprint density at radius 2 is 1.90 bits per heavy atom. The van der Waals surface area contributed by atoms with Crippen LogP contribution in [0.3, 0.4) is 0 Å². The number of aryl methyl sites for hydroxylation is 1. The monoisotopic (exact) mass is 286 g/mol. The lowest BCUT2D eigenvalue weighted by atomic mass is 10.1. The molecule has 0 amide bonds. The van der Waals surface area contributed by atoms with E-state index in [2.05, 4.69) is 52.1 Å². The molecule has 104 valence electrons. The maximum atomic E-state index is 4.67. The van der Waals surface area contributed by atoms with Crippen LogP contribution in [0.5, 0.6) is 0 Å². The minimum absolute atomic E-state index is 0.0154. The summed E-state index contributed by atoms with van der Waals surface area (Å²) in [5.74, 6) is 0.907. The van der Waals surface area contributed by atoms with E-state index in [1.54, 1.807) is 11.3 Å². The topological polar surface area (TPSA) is 42.7 Å². The molecule has 2 aromatic heterocycles. The third-order valence-electron chi connectivity index (χ3n) is 3.00. The van der Waals surface area contributed by atoms with E-state index < -0.39 is 0 Å². The molecule has 4 nitrogen and oxygen atoms in total. The third kappa shape index (κ3) is 2.41. The maximum Gasteiger partial charge on any atom is 0.183 e. The number of imidazole rings is 1. The predicted octanol–water partition coefficient (Wildman–Crippen LogP) is 3.91. The Morgan fingerprint density at radius 3 is 2.60 bits per heavy atom. The molecule has 0 aliphatic rings. The molecule has 1 aromatic carbocycles. The summed E-state index contributed by atoms with van der Waals surface area (Å²) in [5.41, 5.74) is 3.06. The van der Waals surface area contributed by atoms with Gasteiger partial charge in [0.1, 0.15) is 5.69 Å². The summed E-state index contributed by atoms with van der Waals surface area (Å²) in [6.07, 6.45) is 0. The Kier molecular flexibility index (Phi) is 3.01. The molecule has 1 N–H and O–H groups in total. The molecule has 3 aromatic rings. The van der Waals surface area contributed by atoms with Crippen molar-refractivity contribution in [3.8, 4) is 11.5 Å². The SMILES string of the molecule is Cn1c(-c2csc(NC(C)(C)C)n2)nc2ccccc21. The second-order valence-electron chi connectivity index (χ2n) is 5.90. The van der Waals surface area contributed by atoms with Crippen molar-refractivity contribution in [2.75, 3.05) is 5.32 Å². The smallest absolute Gasteiger partial charge is 0.183 e. The molecule has 0 aliphatic heterocycles. The highest BCUT2D eigenvalue weighted by atomic mass is 32.1. The summed E-state index contributed by atoms with van der Waals surface area (Å²) in [6, 6.07) is 8.14. The first-order valence-corrected chi connectivity index (χ1v) is 7.47. The highest BCUT2D eigenvalue weighted by molar-refractivity contribution is 7.14. The number of fused-ring (bicyclic) bond motifs is 1. The number of para-hydroxylation sites is 2. The van der Waals surface area contributed by atoms with E-state index in [0.29, 0.717) is 0 Å². The first kappa shape index (κ1) is 13.1. The van der Waals surface area contributed by atoms with Crippen molar-refractivity contribution < 1.29 is 0 Å². The van der Waals surface area contributed by atoms with Crippen molar-refractivity contribution in [1.29, 1.82) is 0 Å². The summed E-state index contributed by atoms with van der Waals surface area (Å²) in [4.78, 5) is 9.32. The van der Waals surface area contributed by atoms with E-state index in [4.69, 9.17) is 0 Å². The van der Waals surface area contributed by atoms with Gasteiger partial charge in [0.05, 0.1) is 11.0 Å². The van der Waals surface area contributed by atoms with E-state index in [-0.39, 0.29) is 5.54 Å². The Hall–Kier alpha value is -1.88. The van der Waals surface area contributed by atoms with E-state index in [9.17, 15) is 0 Å². The molecule has 0 spiro atoms. The van der Waals surface area contributed by atoms with Crippen LogP contribution in [0, 0.1) is 0 Å². The van der Waals surface area contributed by atoms with Crippen LogP contribution in [0.25, 0.3) is 22.6 Å². The molecule has 20 heavy (non-hydrogen) atoms. The van der Waals surface area contributed by atoms with Crippen molar-refractivity contribution in [2.24, 2.45) is 7.05 Å². The average Bonchev–Trinajstić information content (AvgIpc) is 2.93. The van der Waals surface area contributed by atoms with Gasteiger partial charge in [-0.3, -0.25) is 0 Å². The van der Waals surface area contributed by atoms with Gasteiger partial charge < -0.3 is 9.88 Å². The van der Waals surface area contributed by atoms with Gasteiger partial charge in [-0.05, 0) is 32.9 Å². The molecule has 0 radical (unpaired) electrons.